The van der Waals surface area contributed by atoms with Crippen molar-refractivity contribution in [3.8, 4) is 5.75 Å². The van der Waals surface area contributed by atoms with Gasteiger partial charge in [-0.3, -0.25) is 4.79 Å². The predicted octanol–water partition coefficient (Wildman–Crippen LogP) is 5.32. The number of carbonyl (C=O) groups is 1. The number of fused-ring (bicyclic) bond motifs is 4. The third-order valence-electron chi connectivity index (χ3n) is 6.03. The Morgan fingerprint density at radius 3 is 2.35 bits per heavy atom. The van der Waals surface area contributed by atoms with Crippen LogP contribution in [0.1, 0.15) is 21.6 Å². The lowest BCUT2D eigenvalue weighted by Crippen LogP contribution is -2.13. The molecule has 5 heteroatoms. The Morgan fingerprint density at radius 1 is 0.903 bits per heavy atom. The minimum Gasteiger partial charge on any atom is -0.485 e. The molecule has 0 amide bonds. The highest BCUT2D eigenvalue weighted by molar-refractivity contribution is 6.10. The van der Waals surface area contributed by atoms with E-state index in [1.54, 1.807) is 6.07 Å². The highest BCUT2D eigenvalue weighted by Crippen LogP contribution is 2.31. The minimum atomic E-state index is -0.384. The number of ether oxygens (including phenoxy) is 1. The molecule has 0 radical (unpaired) electrons. The van der Waals surface area contributed by atoms with E-state index in [1.807, 2.05) is 80.1 Å². The fraction of sp³-hybridized carbons (Fsp3) is 0.154. The highest BCUT2D eigenvalue weighted by Gasteiger charge is 2.19. The predicted molar refractivity (Wildman–Crippen MR) is 122 cm³/mol. The van der Waals surface area contributed by atoms with Crippen LogP contribution in [0.4, 0.5) is 0 Å². The van der Waals surface area contributed by atoms with Gasteiger partial charge in [0.15, 0.2) is 6.61 Å². The Balaban J connectivity index is 1.51. The standard InChI is InChI=1S/C26H21NO4/c1-15-23(13-12-18-17-8-4-5-9-19(17)26(29)31-25(15)18)30-14-22(28)24-16(2)27(3)21-11-7-6-10-20(21)24/h4-13H,14H2,1-3H3. The topological polar surface area (TPSA) is 61.4 Å². The van der Waals surface area contributed by atoms with Gasteiger partial charge in [0.05, 0.1) is 5.39 Å². The van der Waals surface area contributed by atoms with Gasteiger partial charge in [0, 0.05) is 40.2 Å². The first kappa shape index (κ1) is 19.1. The van der Waals surface area contributed by atoms with Crippen molar-refractivity contribution in [2.75, 3.05) is 6.61 Å². The van der Waals surface area contributed by atoms with Crippen LogP contribution < -0.4 is 10.4 Å². The fourth-order valence-electron chi connectivity index (χ4n) is 4.31. The Morgan fingerprint density at radius 2 is 1.58 bits per heavy atom. The Hall–Kier alpha value is -3.86. The smallest absolute Gasteiger partial charge is 0.344 e. The molecule has 0 aliphatic carbocycles. The number of carbonyl (C=O) groups excluding carboxylic acids is 1. The first-order valence-corrected chi connectivity index (χ1v) is 10.1. The second-order valence-corrected chi connectivity index (χ2v) is 7.75. The molecule has 0 unspecified atom stereocenters. The van der Waals surface area contributed by atoms with E-state index in [1.165, 1.54) is 0 Å². The SMILES string of the molecule is Cc1c(OCC(=O)c2c(C)n(C)c3ccccc23)ccc2c1oc(=O)c1ccccc12. The van der Waals surface area contributed by atoms with Crippen molar-refractivity contribution in [1.82, 2.24) is 4.57 Å². The van der Waals surface area contributed by atoms with Crippen molar-refractivity contribution in [3.63, 3.8) is 0 Å². The summed E-state index contributed by atoms with van der Waals surface area (Å²) in [6.07, 6.45) is 0. The quantitative estimate of drug-likeness (QED) is 0.228. The number of nitrogens with zero attached hydrogens (tertiary/aromatic N) is 1. The number of aromatic nitrogens is 1. The number of aryl methyl sites for hydroxylation is 2. The average molecular weight is 411 g/mol. The molecule has 0 saturated carbocycles. The summed E-state index contributed by atoms with van der Waals surface area (Å²) in [5.41, 5.74) is 3.39. The summed E-state index contributed by atoms with van der Waals surface area (Å²) in [5, 5.41) is 3.15. The molecule has 154 valence electrons. The van der Waals surface area contributed by atoms with Crippen LogP contribution in [-0.4, -0.2) is 17.0 Å². The van der Waals surface area contributed by atoms with Gasteiger partial charge in [-0.2, -0.15) is 0 Å². The fourth-order valence-corrected chi connectivity index (χ4v) is 4.31. The highest BCUT2D eigenvalue weighted by atomic mass is 16.5. The molecule has 0 N–H and O–H groups in total. The number of benzene rings is 3. The molecular weight excluding hydrogens is 390 g/mol. The molecule has 2 aromatic heterocycles. The summed E-state index contributed by atoms with van der Waals surface area (Å²) >= 11 is 0. The molecule has 0 atom stereocenters. The molecule has 0 bridgehead atoms. The van der Waals surface area contributed by atoms with Crippen LogP contribution in [0.25, 0.3) is 32.6 Å². The van der Waals surface area contributed by atoms with Gasteiger partial charge >= 0.3 is 5.63 Å². The molecule has 0 saturated heterocycles. The molecule has 0 aliphatic rings. The number of para-hydroxylation sites is 1. The van der Waals surface area contributed by atoms with Crippen molar-refractivity contribution in [2.24, 2.45) is 7.05 Å². The summed E-state index contributed by atoms with van der Waals surface area (Å²) < 4.78 is 13.5. The maximum absolute atomic E-state index is 13.1. The van der Waals surface area contributed by atoms with Gasteiger partial charge in [-0.05, 0) is 43.5 Å². The molecule has 5 rings (SSSR count). The Labute approximate surface area is 178 Å². The van der Waals surface area contributed by atoms with Crippen LogP contribution in [0.2, 0.25) is 0 Å². The van der Waals surface area contributed by atoms with E-state index in [2.05, 4.69) is 0 Å². The van der Waals surface area contributed by atoms with E-state index in [0.717, 1.165) is 27.4 Å². The summed E-state index contributed by atoms with van der Waals surface area (Å²) in [5.74, 6) is 0.436. The van der Waals surface area contributed by atoms with Crippen molar-refractivity contribution < 1.29 is 13.9 Å². The zero-order valence-corrected chi connectivity index (χ0v) is 17.6. The molecule has 5 nitrogen and oxygen atoms in total. The van der Waals surface area contributed by atoms with Gasteiger partial charge in [-0.25, -0.2) is 4.79 Å². The van der Waals surface area contributed by atoms with Crippen molar-refractivity contribution in [3.05, 3.63) is 87.9 Å². The zero-order chi connectivity index (χ0) is 21.7. The van der Waals surface area contributed by atoms with Gasteiger partial charge in [0.1, 0.15) is 11.3 Å². The van der Waals surface area contributed by atoms with Crippen LogP contribution in [0.15, 0.2) is 69.9 Å². The lowest BCUT2D eigenvalue weighted by Gasteiger charge is -2.11. The van der Waals surface area contributed by atoms with Crippen LogP contribution in [-0.2, 0) is 7.05 Å². The number of ketones is 1. The molecule has 3 aromatic carbocycles. The monoisotopic (exact) mass is 411 g/mol. The molecule has 2 heterocycles. The van der Waals surface area contributed by atoms with Crippen molar-refractivity contribution >= 4 is 38.4 Å². The van der Waals surface area contributed by atoms with E-state index in [0.29, 0.717) is 27.8 Å². The maximum atomic E-state index is 13.1. The van der Waals surface area contributed by atoms with E-state index in [4.69, 9.17) is 9.15 Å². The Bertz CT molecular complexity index is 1560. The van der Waals surface area contributed by atoms with Crippen LogP contribution in [0.5, 0.6) is 5.75 Å². The molecular formula is C26H21NO4. The van der Waals surface area contributed by atoms with Gasteiger partial charge < -0.3 is 13.7 Å². The lowest BCUT2D eigenvalue weighted by atomic mass is 10.0. The van der Waals surface area contributed by atoms with E-state index in [9.17, 15) is 9.59 Å². The van der Waals surface area contributed by atoms with E-state index < -0.39 is 0 Å². The first-order valence-electron chi connectivity index (χ1n) is 10.1. The molecule has 5 aromatic rings. The minimum absolute atomic E-state index is 0.0891. The average Bonchev–Trinajstić information content (AvgIpc) is 3.04. The summed E-state index contributed by atoms with van der Waals surface area (Å²) in [6, 6.07) is 18.9. The van der Waals surface area contributed by atoms with Gasteiger partial charge in [0.2, 0.25) is 5.78 Å². The van der Waals surface area contributed by atoms with Gasteiger partial charge in [0.25, 0.3) is 0 Å². The summed E-state index contributed by atoms with van der Waals surface area (Å²) in [6.45, 7) is 3.68. The first-order chi connectivity index (χ1) is 15.0. The van der Waals surface area contributed by atoms with Crippen molar-refractivity contribution in [1.29, 1.82) is 0 Å². The van der Waals surface area contributed by atoms with E-state index in [-0.39, 0.29) is 18.0 Å². The number of rotatable bonds is 4. The van der Waals surface area contributed by atoms with E-state index >= 15 is 0 Å². The van der Waals surface area contributed by atoms with Crippen LogP contribution >= 0.6 is 0 Å². The third-order valence-corrected chi connectivity index (χ3v) is 6.03. The second kappa shape index (κ2) is 7.13. The molecule has 0 fully saturated rings. The number of hydrogen-bond acceptors (Lipinski definition) is 4. The van der Waals surface area contributed by atoms with Crippen molar-refractivity contribution in [2.45, 2.75) is 13.8 Å². The number of Topliss-reactive ketones (excluding diaryl/α,β-unsaturated/α-hetero) is 1. The van der Waals surface area contributed by atoms with Gasteiger partial charge in [-0.15, -0.1) is 0 Å². The van der Waals surface area contributed by atoms with Crippen LogP contribution in [0, 0.1) is 13.8 Å². The largest absolute Gasteiger partial charge is 0.485 e. The summed E-state index contributed by atoms with van der Waals surface area (Å²) in [4.78, 5) is 25.5. The second-order valence-electron chi connectivity index (χ2n) is 7.75. The van der Waals surface area contributed by atoms with Gasteiger partial charge in [-0.1, -0.05) is 36.4 Å². The number of hydrogen-bond donors (Lipinski definition) is 0. The molecule has 31 heavy (non-hydrogen) atoms. The molecule has 0 aliphatic heterocycles. The zero-order valence-electron chi connectivity index (χ0n) is 17.6. The Kier molecular flexibility index (Phi) is 4.40. The summed E-state index contributed by atoms with van der Waals surface area (Å²) in [7, 11) is 1.95. The maximum Gasteiger partial charge on any atom is 0.344 e. The third kappa shape index (κ3) is 2.93. The van der Waals surface area contributed by atoms with Crippen LogP contribution in [0.3, 0.4) is 0 Å². The lowest BCUT2D eigenvalue weighted by molar-refractivity contribution is 0.0922. The molecule has 0 spiro atoms. The normalized spacial score (nSPS) is 11.5.